The highest BCUT2D eigenvalue weighted by Crippen LogP contribution is 2.17. The van der Waals surface area contributed by atoms with Gasteiger partial charge < -0.3 is 10.6 Å². The minimum Gasteiger partial charge on any atom is -0.373 e. The van der Waals surface area contributed by atoms with Gasteiger partial charge in [-0.3, -0.25) is 0 Å². The second-order valence-electron chi connectivity index (χ2n) is 3.64. The summed E-state index contributed by atoms with van der Waals surface area (Å²) in [7, 11) is 2.08. The first-order chi connectivity index (χ1) is 6.11. The molecule has 1 aromatic carbocycles. The van der Waals surface area contributed by atoms with E-state index in [-0.39, 0.29) is 6.04 Å². The Balaban J connectivity index is 2.76. The number of likely N-dealkylation sites (N-methyl/N-ethyl adjacent to an activating group) is 1. The van der Waals surface area contributed by atoms with Crippen LogP contribution in [0.2, 0.25) is 0 Å². The summed E-state index contributed by atoms with van der Waals surface area (Å²) in [5.74, 6) is 0. The highest BCUT2D eigenvalue weighted by molar-refractivity contribution is 5.52. The predicted molar refractivity (Wildman–Crippen MR) is 58.1 cm³/mol. The molecule has 0 saturated heterocycles. The predicted octanol–water partition coefficient (Wildman–Crippen LogP) is 1.78. The van der Waals surface area contributed by atoms with E-state index in [0.717, 1.165) is 6.54 Å². The third-order valence-electron chi connectivity index (χ3n) is 2.09. The lowest BCUT2D eigenvalue weighted by atomic mass is 10.2. The van der Waals surface area contributed by atoms with E-state index in [1.165, 1.54) is 11.3 Å². The van der Waals surface area contributed by atoms with Gasteiger partial charge in [-0.15, -0.1) is 0 Å². The zero-order valence-electron chi connectivity index (χ0n) is 8.62. The standard InChI is InChI=1S/C11H18N2/c1-9-6-4-5-7-11(9)13(3)8-10(2)12/h4-7,10H,8,12H2,1-3H3/t10-/m1/s1. The van der Waals surface area contributed by atoms with Gasteiger partial charge in [0.25, 0.3) is 0 Å². The van der Waals surface area contributed by atoms with Crippen molar-refractivity contribution in [3.05, 3.63) is 29.8 Å². The van der Waals surface area contributed by atoms with E-state index in [4.69, 9.17) is 5.73 Å². The second-order valence-corrected chi connectivity index (χ2v) is 3.64. The first-order valence-corrected chi connectivity index (χ1v) is 4.63. The largest absolute Gasteiger partial charge is 0.373 e. The monoisotopic (exact) mass is 178 g/mol. The van der Waals surface area contributed by atoms with E-state index in [9.17, 15) is 0 Å². The van der Waals surface area contributed by atoms with Gasteiger partial charge in [-0.25, -0.2) is 0 Å². The number of nitrogens with zero attached hydrogens (tertiary/aromatic N) is 1. The lowest BCUT2D eigenvalue weighted by molar-refractivity contribution is 0.716. The van der Waals surface area contributed by atoms with Gasteiger partial charge in [0.1, 0.15) is 0 Å². The molecule has 0 spiro atoms. The number of anilines is 1. The van der Waals surface area contributed by atoms with Crippen molar-refractivity contribution in [2.45, 2.75) is 19.9 Å². The highest BCUT2D eigenvalue weighted by Gasteiger charge is 2.04. The molecule has 0 aliphatic rings. The molecule has 0 radical (unpaired) electrons. The fourth-order valence-electron chi connectivity index (χ4n) is 1.52. The van der Waals surface area contributed by atoms with Crippen LogP contribution >= 0.6 is 0 Å². The van der Waals surface area contributed by atoms with Crippen molar-refractivity contribution in [3.8, 4) is 0 Å². The average molecular weight is 178 g/mol. The molecule has 0 bridgehead atoms. The van der Waals surface area contributed by atoms with Crippen LogP contribution in [0.3, 0.4) is 0 Å². The summed E-state index contributed by atoms with van der Waals surface area (Å²) in [5.41, 5.74) is 8.30. The maximum atomic E-state index is 5.74. The molecule has 1 atom stereocenters. The van der Waals surface area contributed by atoms with E-state index >= 15 is 0 Å². The number of rotatable bonds is 3. The maximum Gasteiger partial charge on any atom is 0.0393 e. The Morgan fingerprint density at radius 2 is 2.00 bits per heavy atom. The third kappa shape index (κ3) is 2.74. The lowest BCUT2D eigenvalue weighted by Gasteiger charge is -2.23. The molecule has 2 N–H and O–H groups in total. The van der Waals surface area contributed by atoms with Crippen LogP contribution in [0.25, 0.3) is 0 Å². The van der Waals surface area contributed by atoms with Gasteiger partial charge in [0.15, 0.2) is 0 Å². The van der Waals surface area contributed by atoms with E-state index < -0.39 is 0 Å². The molecule has 0 heterocycles. The van der Waals surface area contributed by atoms with E-state index in [1.54, 1.807) is 0 Å². The number of para-hydroxylation sites is 1. The van der Waals surface area contributed by atoms with Crippen LogP contribution in [-0.2, 0) is 0 Å². The summed E-state index contributed by atoms with van der Waals surface area (Å²) in [4.78, 5) is 2.19. The van der Waals surface area contributed by atoms with Crippen molar-refractivity contribution in [2.24, 2.45) is 5.73 Å². The van der Waals surface area contributed by atoms with Crippen molar-refractivity contribution < 1.29 is 0 Å². The van der Waals surface area contributed by atoms with Crippen LogP contribution in [0.5, 0.6) is 0 Å². The van der Waals surface area contributed by atoms with Crippen molar-refractivity contribution in [2.75, 3.05) is 18.5 Å². The van der Waals surface area contributed by atoms with Crippen LogP contribution in [-0.4, -0.2) is 19.6 Å². The van der Waals surface area contributed by atoms with Crippen molar-refractivity contribution in [1.82, 2.24) is 0 Å². The summed E-state index contributed by atoms with van der Waals surface area (Å²) < 4.78 is 0. The summed E-state index contributed by atoms with van der Waals surface area (Å²) in [6, 6.07) is 8.56. The summed E-state index contributed by atoms with van der Waals surface area (Å²) >= 11 is 0. The summed E-state index contributed by atoms with van der Waals surface area (Å²) in [5, 5.41) is 0. The summed E-state index contributed by atoms with van der Waals surface area (Å²) in [6.45, 7) is 5.03. The van der Waals surface area contributed by atoms with Gasteiger partial charge in [-0.1, -0.05) is 18.2 Å². The Morgan fingerprint density at radius 3 is 2.54 bits per heavy atom. The molecule has 0 saturated carbocycles. The van der Waals surface area contributed by atoms with E-state index in [2.05, 4.69) is 43.1 Å². The van der Waals surface area contributed by atoms with Crippen LogP contribution in [0.4, 0.5) is 5.69 Å². The number of hydrogen-bond donors (Lipinski definition) is 1. The molecule has 0 aliphatic carbocycles. The van der Waals surface area contributed by atoms with Crippen molar-refractivity contribution in [3.63, 3.8) is 0 Å². The topological polar surface area (TPSA) is 29.3 Å². The van der Waals surface area contributed by atoms with Gasteiger partial charge in [-0.05, 0) is 25.5 Å². The minimum absolute atomic E-state index is 0.213. The Morgan fingerprint density at radius 1 is 1.38 bits per heavy atom. The Labute approximate surface area is 80.4 Å². The molecular formula is C11H18N2. The molecule has 2 nitrogen and oxygen atoms in total. The molecule has 0 unspecified atom stereocenters. The van der Waals surface area contributed by atoms with Crippen LogP contribution in [0, 0.1) is 6.92 Å². The molecule has 13 heavy (non-hydrogen) atoms. The normalized spacial score (nSPS) is 12.6. The number of nitrogens with two attached hydrogens (primary N) is 1. The third-order valence-corrected chi connectivity index (χ3v) is 2.09. The Kier molecular flexibility index (Phi) is 3.32. The van der Waals surface area contributed by atoms with Crippen LogP contribution in [0.1, 0.15) is 12.5 Å². The SMILES string of the molecule is Cc1ccccc1N(C)C[C@@H](C)N. The van der Waals surface area contributed by atoms with Crippen LogP contribution in [0.15, 0.2) is 24.3 Å². The zero-order chi connectivity index (χ0) is 9.84. The van der Waals surface area contributed by atoms with Crippen LogP contribution < -0.4 is 10.6 Å². The maximum absolute atomic E-state index is 5.74. The number of hydrogen-bond acceptors (Lipinski definition) is 2. The van der Waals surface area contributed by atoms with Gasteiger partial charge >= 0.3 is 0 Å². The zero-order valence-corrected chi connectivity index (χ0v) is 8.62. The van der Waals surface area contributed by atoms with Gasteiger partial charge in [-0.2, -0.15) is 0 Å². The minimum atomic E-state index is 0.213. The van der Waals surface area contributed by atoms with E-state index in [0.29, 0.717) is 0 Å². The number of aryl methyl sites for hydroxylation is 1. The Bertz CT molecular complexity index is 269. The molecule has 72 valence electrons. The lowest BCUT2D eigenvalue weighted by Crippen LogP contribution is -2.33. The molecule has 0 aromatic heterocycles. The quantitative estimate of drug-likeness (QED) is 0.764. The molecule has 0 amide bonds. The van der Waals surface area contributed by atoms with Crippen molar-refractivity contribution in [1.29, 1.82) is 0 Å². The second kappa shape index (κ2) is 4.28. The van der Waals surface area contributed by atoms with Gasteiger partial charge in [0, 0.05) is 25.3 Å². The van der Waals surface area contributed by atoms with Gasteiger partial charge in [0.05, 0.1) is 0 Å². The molecular weight excluding hydrogens is 160 g/mol. The van der Waals surface area contributed by atoms with E-state index in [1.807, 2.05) is 6.92 Å². The first kappa shape index (κ1) is 10.1. The smallest absolute Gasteiger partial charge is 0.0393 e. The molecule has 1 rings (SSSR count). The molecule has 0 aliphatic heterocycles. The molecule has 1 aromatic rings. The Hall–Kier alpha value is -1.02. The fraction of sp³-hybridized carbons (Fsp3) is 0.455. The molecule has 0 fully saturated rings. The van der Waals surface area contributed by atoms with Gasteiger partial charge in [0.2, 0.25) is 0 Å². The van der Waals surface area contributed by atoms with Crippen molar-refractivity contribution >= 4 is 5.69 Å². The average Bonchev–Trinajstić information content (AvgIpc) is 2.03. The first-order valence-electron chi connectivity index (χ1n) is 4.63. The summed E-state index contributed by atoms with van der Waals surface area (Å²) in [6.07, 6.45) is 0. The molecule has 2 heteroatoms. The number of benzene rings is 1. The highest BCUT2D eigenvalue weighted by atomic mass is 15.1. The fourth-order valence-corrected chi connectivity index (χ4v) is 1.52.